The van der Waals surface area contributed by atoms with E-state index >= 15 is 0 Å². The molecule has 144 valence electrons. The maximum absolute atomic E-state index is 5.27. The molecule has 0 N–H and O–H groups in total. The summed E-state index contributed by atoms with van der Waals surface area (Å²) in [4.78, 5) is 0. The SMILES string of the molecule is COc1ccc(-c2nnc(SC/C=C/c3ccccc3)n2-c2ccccc2)cc1. The number of methoxy groups -OCH3 is 1. The highest BCUT2D eigenvalue weighted by Gasteiger charge is 2.15. The molecule has 0 bridgehead atoms. The van der Waals surface area contributed by atoms with Crippen molar-refractivity contribution in [2.75, 3.05) is 12.9 Å². The van der Waals surface area contributed by atoms with Crippen LogP contribution in [0.2, 0.25) is 0 Å². The van der Waals surface area contributed by atoms with Gasteiger partial charge in [-0.3, -0.25) is 4.57 Å². The van der Waals surface area contributed by atoms with Crippen LogP contribution in [0.4, 0.5) is 0 Å². The number of thioether (sulfide) groups is 1. The zero-order valence-corrected chi connectivity index (χ0v) is 16.9. The van der Waals surface area contributed by atoms with Gasteiger partial charge in [-0.1, -0.05) is 72.4 Å². The van der Waals surface area contributed by atoms with Gasteiger partial charge in [-0.15, -0.1) is 10.2 Å². The fourth-order valence-corrected chi connectivity index (χ4v) is 3.73. The Labute approximate surface area is 174 Å². The predicted octanol–water partition coefficient (Wildman–Crippen LogP) is 5.75. The Bertz CT molecular complexity index is 1070. The minimum Gasteiger partial charge on any atom is -0.497 e. The number of hydrogen-bond acceptors (Lipinski definition) is 4. The molecular formula is C24H21N3OS. The van der Waals surface area contributed by atoms with Crippen LogP contribution in [0.5, 0.6) is 5.75 Å². The average Bonchev–Trinajstić information content (AvgIpc) is 3.22. The zero-order chi connectivity index (χ0) is 19.9. The highest BCUT2D eigenvalue weighted by molar-refractivity contribution is 7.99. The van der Waals surface area contributed by atoms with Gasteiger partial charge in [0, 0.05) is 17.0 Å². The van der Waals surface area contributed by atoms with Gasteiger partial charge in [-0.05, 0) is 42.0 Å². The minimum absolute atomic E-state index is 0.808. The van der Waals surface area contributed by atoms with Crippen molar-refractivity contribution in [3.63, 3.8) is 0 Å². The normalized spacial score (nSPS) is 11.1. The van der Waals surface area contributed by atoms with Gasteiger partial charge in [0.2, 0.25) is 0 Å². The topological polar surface area (TPSA) is 39.9 Å². The molecule has 4 rings (SSSR count). The maximum Gasteiger partial charge on any atom is 0.196 e. The Balaban J connectivity index is 1.61. The molecule has 0 unspecified atom stereocenters. The molecule has 0 saturated carbocycles. The van der Waals surface area contributed by atoms with Crippen LogP contribution >= 0.6 is 11.8 Å². The van der Waals surface area contributed by atoms with Crippen molar-refractivity contribution in [2.45, 2.75) is 5.16 Å². The predicted molar refractivity (Wildman–Crippen MR) is 120 cm³/mol. The summed E-state index contributed by atoms with van der Waals surface area (Å²) < 4.78 is 7.37. The van der Waals surface area contributed by atoms with Crippen molar-refractivity contribution < 1.29 is 4.74 Å². The third-order valence-corrected chi connectivity index (χ3v) is 5.30. The average molecular weight is 400 g/mol. The molecule has 0 amide bonds. The summed E-state index contributed by atoms with van der Waals surface area (Å²) in [6.45, 7) is 0. The molecule has 0 saturated heterocycles. The van der Waals surface area contributed by atoms with Crippen molar-refractivity contribution in [1.82, 2.24) is 14.8 Å². The van der Waals surface area contributed by atoms with Crippen LogP contribution in [-0.2, 0) is 0 Å². The molecule has 4 aromatic rings. The summed E-state index contributed by atoms with van der Waals surface area (Å²) >= 11 is 1.66. The maximum atomic E-state index is 5.27. The smallest absolute Gasteiger partial charge is 0.196 e. The number of nitrogens with zero attached hydrogens (tertiary/aromatic N) is 3. The van der Waals surface area contributed by atoms with Crippen molar-refractivity contribution in [3.05, 3.63) is 96.6 Å². The van der Waals surface area contributed by atoms with Crippen LogP contribution in [0.25, 0.3) is 23.2 Å². The number of hydrogen-bond donors (Lipinski definition) is 0. The number of aromatic nitrogens is 3. The third kappa shape index (κ3) is 4.58. The van der Waals surface area contributed by atoms with Crippen LogP contribution in [-0.4, -0.2) is 27.6 Å². The number of ether oxygens (including phenoxy) is 1. The summed E-state index contributed by atoms with van der Waals surface area (Å²) in [5, 5.41) is 9.81. The lowest BCUT2D eigenvalue weighted by molar-refractivity contribution is 0.415. The van der Waals surface area contributed by atoms with Gasteiger partial charge in [0.15, 0.2) is 11.0 Å². The van der Waals surface area contributed by atoms with Gasteiger partial charge in [-0.2, -0.15) is 0 Å². The van der Waals surface area contributed by atoms with E-state index in [1.54, 1.807) is 18.9 Å². The van der Waals surface area contributed by atoms with Crippen LogP contribution in [0, 0.1) is 0 Å². The summed E-state index contributed by atoms with van der Waals surface area (Å²) in [6, 6.07) is 28.4. The van der Waals surface area contributed by atoms with Crippen LogP contribution in [0.15, 0.2) is 96.2 Å². The molecule has 0 aliphatic heterocycles. The first-order chi connectivity index (χ1) is 14.3. The van der Waals surface area contributed by atoms with Crippen LogP contribution in [0.1, 0.15) is 5.56 Å². The van der Waals surface area contributed by atoms with Gasteiger partial charge in [-0.25, -0.2) is 0 Å². The first-order valence-electron chi connectivity index (χ1n) is 9.35. The first kappa shape index (κ1) is 19.0. The summed E-state index contributed by atoms with van der Waals surface area (Å²) in [5.74, 6) is 2.44. The molecule has 5 heteroatoms. The second-order valence-corrected chi connectivity index (χ2v) is 7.32. The van der Waals surface area contributed by atoms with Gasteiger partial charge >= 0.3 is 0 Å². The molecule has 0 spiro atoms. The lowest BCUT2D eigenvalue weighted by atomic mass is 10.2. The van der Waals surface area contributed by atoms with E-state index in [1.807, 2.05) is 60.7 Å². The fourth-order valence-electron chi connectivity index (χ4n) is 2.97. The van der Waals surface area contributed by atoms with Gasteiger partial charge in [0.25, 0.3) is 0 Å². The van der Waals surface area contributed by atoms with Crippen molar-refractivity contribution in [1.29, 1.82) is 0 Å². The molecular weight excluding hydrogens is 378 g/mol. The Morgan fingerprint density at radius 3 is 2.24 bits per heavy atom. The molecule has 0 aliphatic rings. The van der Waals surface area contributed by atoms with E-state index in [2.05, 4.69) is 51.2 Å². The first-order valence-corrected chi connectivity index (χ1v) is 10.3. The van der Waals surface area contributed by atoms with E-state index in [0.29, 0.717) is 0 Å². The molecule has 1 heterocycles. The van der Waals surface area contributed by atoms with Crippen molar-refractivity contribution in [3.8, 4) is 22.8 Å². The molecule has 4 nitrogen and oxygen atoms in total. The Morgan fingerprint density at radius 1 is 0.862 bits per heavy atom. The summed E-state index contributed by atoms with van der Waals surface area (Å²) in [7, 11) is 1.67. The largest absolute Gasteiger partial charge is 0.497 e. The molecule has 0 aliphatic carbocycles. The molecule has 0 atom stereocenters. The van der Waals surface area contributed by atoms with E-state index < -0.39 is 0 Å². The van der Waals surface area contributed by atoms with Gasteiger partial charge < -0.3 is 4.74 Å². The highest BCUT2D eigenvalue weighted by atomic mass is 32.2. The van der Waals surface area contributed by atoms with E-state index in [9.17, 15) is 0 Å². The minimum atomic E-state index is 0.808. The summed E-state index contributed by atoms with van der Waals surface area (Å²) in [6.07, 6.45) is 4.28. The monoisotopic (exact) mass is 399 g/mol. The Kier molecular flexibility index (Phi) is 6.07. The van der Waals surface area contributed by atoms with Gasteiger partial charge in [0.1, 0.15) is 5.75 Å². The van der Waals surface area contributed by atoms with E-state index in [0.717, 1.165) is 33.7 Å². The van der Waals surface area contributed by atoms with Crippen molar-refractivity contribution >= 4 is 17.8 Å². The zero-order valence-electron chi connectivity index (χ0n) is 16.1. The van der Waals surface area contributed by atoms with Gasteiger partial charge in [0.05, 0.1) is 7.11 Å². The number of rotatable bonds is 7. The Morgan fingerprint density at radius 2 is 1.55 bits per heavy atom. The standard InChI is InChI=1S/C24H21N3OS/c1-28-22-16-14-20(15-17-22)23-25-26-24(27(23)21-12-6-3-7-13-21)29-18-8-11-19-9-4-2-5-10-19/h2-17H,18H2,1H3/b11-8+. The Hall–Kier alpha value is -3.31. The second-order valence-electron chi connectivity index (χ2n) is 6.33. The molecule has 0 radical (unpaired) electrons. The van der Waals surface area contributed by atoms with E-state index in [4.69, 9.17) is 4.74 Å². The fraction of sp³-hybridized carbons (Fsp3) is 0.0833. The number of benzene rings is 3. The quantitative estimate of drug-likeness (QED) is 0.371. The lowest BCUT2D eigenvalue weighted by Crippen LogP contribution is -1.99. The van der Waals surface area contributed by atoms with Crippen LogP contribution < -0.4 is 4.74 Å². The van der Waals surface area contributed by atoms with Crippen molar-refractivity contribution in [2.24, 2.45) is 0 Å². The van der Waals surface area contributed by atoms with E-state index in [1.165, 1.54) is 5.56 Å². The van der Waals surface area contributed by atoms with Crippen LogP contribution in [0.3, 0.4) is 0 Å². The van der Waals surface area contributed by atoms with E-state index in [-0.39, 0.29) is 0 Å². The highest BCUT2D eigenvalue weighted by Crippen LogP contribution is 2.29. The molecule has 29 heavy (non-hydrogen) atoms. The number of para-hydroxylation sites is 1. The third-order valence-electron chi connectivity index (χ3n) is 4.41. The molecule has 3 aromatic carbocycles. The lowest BCUT2D eigenvalue weighted by Gasteiger charge is -2.10. The molecule has 1 aromatic heterocycles. The summed E-state index contributed by atoms with van der Waals surface area (Å²) in [5.41, 5.74) is 3.23. The molecule has 0 fully saturated rings. The second kappa shape index (κ2) is 9.26.